The van der Waals surface area contributed by atoms with Gasteiger partial charge >= 0.3 is 0 Å². The molecule has 1 aliphatic rings. The molecular weight excluding hydrogens is 389 g/mol. The summed E-state index contributed by atoms with van der Waals surface area (Å²) >= 11 is 0. The maximum atomic E-state index is 13.4. The number of pyridine rings is 1. The lowest BCUT2D eigenvalue weighted by atomic mass is 10.1. The second kappa shape index (κ2) is 7.58. The molecule has 1 atom stereocenters. The second-order valence-electron chi connectivity index (χ2n) is 7.34. The van der Waals surface area contributed by atoms with E-state index in [1.807, 2.05) is 6.07 Å². The van der Waals surface area contributed by atoms with Crippen LogP contribution in [0.4, 0.5) is 4.39 Å². The first-order chi connectivity index (χ1) is 14.7. The fraction of sp³-hybridized carbons (Fsp3) is 0.333. The summed E-state index contributed by atoms with van der Waals surface area (Å²) in [6.45, 7) is 1.46. The second-order valence-corrected chi connectivity index (χ2v) is 7.34. The van der Waals surface area contributed by atoms with Crippen LogP contribution in [0.1, 0.15) is 18.5 Å². The number of rotatable bonds is 5. The minimum atomic E-state index is -0.327. The number of methoxy groups -OCH3 is 1. The van der Waals surface area contributed by atoms with Gasteiger partial charge < -0.3 is 14.0 Å². The van der Waals surface area contributed by atoms with Gasteiger partial charge in [-0.25, -0.2) is 8.91 Å². The van der Waals surface area contributed by atoms with Crippen molar-refractivity contribution in [1.82, 2.24) is 24.4 Å². The van der Waals surface area contributed by atoms with E-state index in [-0.39, 0.29) is 29.6 Å². The molecule has 1 aromatic carbocycles. The van der Waals surface area contributed by atoms with Gasteiger partial charge in [-0.05, 0) is 36.6 Å². The van der Waals surface area contributed by atoms with Crippen LogP contribution < -0.4 is 5.56 Å². The molecule has 0 saturated carbocycles. The molecule has 4 aromatic rings. The van der Waals surface area contributed by atoms with Crippen LogP contribution in [0.25, 0.3) is 27.8 Å². The number of fused-ring (bicyclic) bond motifs is 3. The molecule has 154 valence electrons. The van der Waals surface area contributed by atoms with Gasteiger partial charge in [0, 0.05) is 19.9 Å². The van der Waals surface area contributed by atoms with Crippen LogP contribution in [0.2, 0.25) is 0 Å². The van der Waals surface area contributed by atoms with Gasteiger partial charge in [0.25, 0.3) is 5.56 Å². The van der Waals surface area contributed by atoms with E-state index in [1.54, 1.807) is 34.5 Å². The van der Waals surface area contributed by atoms with Crippen LogP contribution >= 0.6 is 0 Å². The minimum Gasteiger partial charge on any atom is -0.378 e. The summed E-state index contributed by atoms with van der Waals surface area (Å²) in [6, 6.07) is 7.90. The summed E-state index contributed by atoms with van der Waals surface area (Å²) in [4.78, 5) is 13.0. The first-order valence-corrected chi connectivity index (χ1v) is 9.79. The number of hydrogen-bond donors (Lipinski definition) is 0. The zero-order chi connectivity index (χ0) is 20.7. The lowest BCUT2D eigenvalue weighted by molar-refractivity contribution is 0.0963. The molecule has 0 spiro atoms. The number of hydrogen-bond acceptors (Lipinski definition) is 6. The molecule has 1 saturated heterocycles. The van der Waals surface area contributed by atoms with Crippen molar-refractivity contribution in [3.8, 4) is 11.1 Å². The van der Waals surface area contributed by atoms with Gasteiger partial charge in [-0.3, -0.25) is 4.79 Å². The predicted molar refractivity (Wildman–Crippen MR) is 108 cm³/mol. The molecule has 0 unspecified atom stereocenters. The number of ether oxygens (including phenoxy) is 2. The van der Waals surface area contributed by atoms with Crippen molar-refractivity contribution >= 4 is 16.7 Å². The van der Waals surface area contributed by atoms with E-state index >= 15 is 0 Å². The topological polar surface area (TPSA) is 83.5 Å². The monoisotopic (exact) mass is 409 g/mol. The molecule has 4 heterocycles. The molecule has 0 radical (unpaired) electrons. The number of aromatic nitrogens is 5. The van der Waals surface area contributed by atoms with Gasteiger partial charge in [-0.2, -0.15) is 5.10 Å². The molecule has 3 aromatic heterocycles. The van der Waals surface area contributed by atoms with Crippen molar-refractivity contribution in [2.75, 3.05) is 13.7 Å². The van der Waals surface area contributed by atoms with Crippen molar-refractivity contribution in [3.05, 3.63) is 58.4 Å². The SMILES string of the molecule is COCc1nn2c(nnc3c(=O)n(C[C@@H]4CCCO4)ccc32)c1-c1ccc(F)cc1. The van der Waals surface area contributed by atoms with E-state index in [1.165, 1.54) is 12.1 Å². The Kier molecular flexibility index (Phi) is 4.76. The van der Waals surface area contributed by atoms with Crippen molar-refractivity contribution in [2.45, 2.75) is 32.1 Å². The average molecular weight is 409 g/mol. The third-order valence-corrected chi connectivity index (χ3v) is 5.36. The Balaban J connectivity index is 1.68. The van der Waals surface area contributed by atoms with E-state index in [0.29, 0.717) is 29.0 Å². The normalized spacial score (nSPS) is 16.7. The van der Waals surface area contributed by atoms with Crippen LogP contribution in [-0.4, -0.2) is 44.2 Å². The van der Waals surface area contributed by atoms with E-state index in [0.717, 1.165) is 25.0 Å². The third kappa shape index (κ3) is 3.16. The van der Waals surface area contributed by atoms with E-state index in [2.05, 4.69) is 15.3 Å². The minimum absolute atomic E-state index is 0.0416. The summed E-state index contributed by atoms with van der Waals surface area (Å²) in [6.07, 6.45) is 3.73. The van der Waals surface area contributed by atoms with Crippen molar-refractivity contribution in [3.63, 3.8) is 0 Å². The third-order valence-electron chi connectivity index (χ3n) is 5.36. The lowest BCUT2D eigenvalue weighted by Crippen LogP contribution is -2.27. The highest BCUT2D eigenvalue weighted by atomic mass is 19.1. The maximum Gasteiger partial charge on any atom is 0.280 e. The number of halogens is 1. The molecule has 8 nitrogen and oxygen atoms in total. The Hall–Kier alpha value is -3.17. The summed E-state index contributed by atoms with van der Waals surface area (Å²) < 4.78 is 27.6. The van der Waals surface area contributed by atoms with Crippen molar-refractivity contribution in [2.24, 2.45) is 0 Å². The Morgan fingerprint density at radius 2 is 2.07 bits per heavy atom. The quantitative estimate of drug-likeness (QED) is 0.504. The maximum absolute atomic E-state index is 13.4. The molecule has 30 heavy (non-hydrogen) atoms. The predicted octanol–water partition coefficient (Wildman–Crippen LogP) is 2.57. The zero-order valence-electron chi connectivity index (χ0n) is 16.4. The summed E-state index contributed by atoms with van der Waals surface area (Å²) in [5.41, 5.74) is 3.13. The number of nitrogens with zero attached hydrogens (tertiary/aromatic N) is 5. The Morgan fingerprint density at radius 1 is 1.23 bits per heavy atom. The molecule has 1 aliphatic heterocycles. The molecule has 0 N–H and O–H groups in total. The van der Waals surface area contributed by atoms with E-state index in [4.69, 9.17) is 9.47 Å². The first-order valence-electron chi connectivity index (χ1n) is 9.79. The highest BCUT2D eigenvalue weighted by molar-refractivity contribution is 5.84. The van der Waals surface area contributed by atoms with Crippen molar-refractivity contribution in [1.29, 1.82) is 0 Å². The average Bonchev–Trinajstić information content (AvgIpc) is 3.39. The van der Waals surface area contributed by atoms with Crippen LogP contribution in [0.5, 0.6) is 0 Å². The standard InChI is InChI=1S/C21H20FN5O3/c1-29-12-16-18(13-4-6-14(22)7-5-13)20-24-23-19-17(27(20)25-16)8-9-26(21(19)28)11-15-3-2-10-30-15/h4-9,15H,2-3,10-12H2,1H3/t15-/m0/s1. The van der Waals surface area contributed by atoms with Gasteiger partial charge in [-0.1, -0.05) is 12.1 Å². The Labute approximate surface area is 170 Å². The number of benzene rings is 1. The van der Waals surface area contributed by atoms with Gasteiger partial charge in [-0.15, -0.1) is 10.2 Å². The van der Waals surface area contributed by atoms with Crippen LogP contribution in [0, 0.1) is 5.82 Å². The molecule has 5 rings (SSSR count). The zero-order valence-corrected chi connectivity index (χ0v) is 16.4. The molecule has 0 amide bonds. The summed E-state index contributed by atoms with van der Waals surface area (Å²) in [5.74, 6) is -0.327. The van der Waals surface area contributed by atoms with E-state index < -0.39 is 0 Å². The van der Waals surface area contributed by atoms with Crippen LogP contribution in [-0.2, 0) is 22.6 Å². The highest BCUT2D eigenvalue weighted by Crippen LogP contribution is 2.29. The fourth-order valence-corrected chi connectivity index (χ4v) is 3.93. The highest BCUT2D eigenvalue weighted by Gasteiger charge is 2.21. The van der Waals surface area contributed by atoms with E-state index in [9.17, 15) is 9.18 Å². The van der Waals surface area contributed by atoms with Crippen LogP contribution in [0.15, 0.2) is 41.3 Å². The lowest BCUT2D eigenvalue weighted by Gasteiger charge is -2.12. The largest absolute Gasteiger partial charge is 0.378 e. The molecule has 0 bridgehead atoms. The summed E-state index contributed by atoms with van der Waals surface area (Å²) in [5, 5.41) is 13.1. The molecule has 0 aliphatic carbocycles. The van der Waals surface area contributed by atoms with Gasteiger partial charge in [0.1, 0.15) is 11.3 Å². The van der Waals surface area contributed by atoms with Gasteiger partial charge in [0.05, 0.1) is 30.5 Å². The Morgan fingerprint density at radius 3 is 2.80 bits per heavy atom. The molecular formula is C21H20FN5O3. The molecule has 1 fully saturated rings. The smallest absolute Gasteiger partial charge is 0.280 e. The van der Waals surface area contributed by atoms with Crippen molar-refractivity contribution < 1.29 is 13.9 Å². The van der Waals surface area contributed by atoms with Gasteiger partial charge in [0.2, 0.25) is 0 Å². The molecule has 9 heteroatoms. The Bertz CT molecular complexity index is 1280. The first kappa shape index (κ1) is 18.8. The fourth-order valence-electron chi connectivity index (χ4n) is 3.93. The van der Waals surface area contributed by atoms with Crippen LogP contribution in [0.3, 0.4) is 0 Å². The van der Waals surface area contributed by atoms with Gasteiger partial charge in [0.15, 0.2) is 11.2 Å². The summed E-state index contributed by atoms with van der Waals surface area (Å²) in [7, 11) is 1.58.